The highest BCUT2D eigenvalue weighted by molar-refractivity contribution is 6.23. The van der Waals surface area contributed by atoms with E-state index in [2.05, 4.69) is 4.99 Å². The van der Waals surface area contributed by atoms with E-state index in [1.54, 1.807) is 0 Å². The van der Waals surface area contributed by atoms with Crippen molar-refractivity contribution in [2.45, 2.75) is 19.1 Å². The molecule has 110 valence electrons. The van der Waals surface area contributed by atoms with Crippen LogP contribution in [0.2, 0.25) is 0 Å². The van der Waals surface area contributed by atoms with Gasteiger partial charge in [0.15, 0.2) is 12.0 Å². The minimum absolute atomic E-state index is 0.746. The smallest absolute Gasteiger partial charge is 0.332 e. The predicted molar refractivity (Wildman–Crippen MR) is 66.0 cm³/mol. The summed E-state index contributed by atoms with van der Waals surface area (Å²) in [5.41, 5.74) is 0. The second-order valence-electron chi connectivity index (χ2n) is 4.38. The van der Waals surface area contributed by atoms with Crippen LogP contribution in [0.5, 0.6) is 0 Å². The summed E-state index contributed by atoms with van der Waals surface area (Å²) < 4.78 is 0. The van der Waals surface area contributed by atoms with Gasteiger partial charge in [0.2, 0.25) is 11.8 Å². The van der Waals surface area contributed by atoms with Crippen LogP contribution in [0.15, 0.2) is 4.99 Å². The van der Waals surface area contributed by atoms with E-state index in [0.717, 1.165) is 16.0 Å². The van der Waals surface area contributed by atoms with Crippen LogP contribution < -0.4 is 0 Å². The molecule has 1 saturated heterocycles. The van der Waals surface area contributed by atoms with Gasteiger partial charge in [-0.05, 0) is 6.92 Å². The zero-order chi connectivity index (χ0) is 15.6. The molecule has 0 saturated carbocycles. The number of barbiturate groups is 1. The number of imide groups is 2. The molecule has 9 heteroatoms. The molecule has 0 spiro atoms. The number of carbonyl (C=O) groups is 4. The summed E-state index contributed by atoms with van der Waals surface area (Å²) in [6.07, 6.45) is -0.426. The van der Waals surface area contributed by atoms with Crippen LogP contribution in [-0.4, -0.2) is 76.3 Å². The fraction of sp³-hybridized carbons (Fsp3) is 0.545. The fourth-order valence-electron chi connectivity index (χ4n) is 1.64. The van der Waals surface area contributed by atoms with Gasteiger partial charge in [0.1, 0.15) is 0 Å². The minimum atomic E-state index is -1.48. The number of carboxylic acid groups (broad SMARTS) is 1. The monoisotopic (exact) mass is 285 g/mol. The number of urea groups is 1. The van der Waals surface area contributed by atoms with E-state index >= 15 is 0 Å². The number of amides is 4. The molecule has 1 fully saturated rings. The quantitative estimate of drug-likeness (QED) is 0.481. The topological polar surface area (TPSA) is 128 Å². The van der Waals surface area contributed by atoms with Gasteiger partial charge >= 0.3 is 12.0 Å². The van der Waals surface area contributed by atoms with Gasteiger partial charge in [-0.25, -0.2) is 9.59 Å². The molecule has 2 N–H and O–H groups in total. The molecule has 4 amide bonds. The lowest BCUT2D eigenvalue weighted by molar-refractivity contribution is -0.145. The molecule has 0 unspecified atom stereocenters. The van der Waals surface area contributed by atoms with Crippen molar-refractivity contribution in [2.24, 2.45) is 10.9 Å². The summed E-state index contributed by atoms with van der Waals surface area (Å²) in [5, 5.41) is 18.1. The van der Waals surface area contributed by atoms with Crippen molar-refractivity contribution in [3.05, 3.63) is 0 Å². The van der Waals surface area contributed by atoms with Crippen molar-refractivity contribution < 1.29 is 29.4 Å². The predicted octanol–water partition coefficient (Wildman–Crippen LogP) is -1.44. The molecule has 2 atom stereocenters. The summed E-state index contributed by atoms with van der Waals surface area (Å²) in [4.78, 5) is 51.0. The number of rotatable bonds is 4. The van der Waals surface area contributed by atoms with Crippen LogP contribution in [0.3, 0.4) is 0 Å². The third-order valence-corrected chi connectivity index (χ3v) is 2.87. The highest BCUT2D eigenvalue weighted by atomic mass is 16.4. The Balaban J connectivity index is 3.00. The van der Waals surface area contributed by atoms with Crippen molar-refractivity contribution in [2.75, 3.05) is 14.1 Å². The number of nitrogens with zero attached hydrogens (tertiary/aromatic N) is 3. The molecule has 0 radical (unpaired) electrons. The molecule has 1 aliphatic rings. The molecule has 0 aromatic heterocycles. The molecule has 1 rings (SSSR count). The SMILES string of the molecule is C[C@H](O)[C@@H](N=CC1C(=O)N(C)C(=O)N(C)C1=O)C(=O)O. The van der Waals surface area contributed by atoms with Crippen molar-refractivity contribution in [3.8, 4) is 0 Å². The number of hydrogen-bond donors (Lipinski definition) is 2. The Hall–Kier alpha value is -2.29. The summed E-state index contributed by atoms with van der Waals surface area (Å²) >= 11 is 0. The van der Waals surface area contributed by atoms with Crippen LogP contribution in [0.1, 0.15) is 6.92 Å². The zero-order valence-corrected chi connectivity index (χ0v) is 11.2. The van der Waals surface area contributed by atoms with E-state index in [1.807, 2.05) is 0 Å². The van der Waals surface area contributed by atoms with Crippen molar-refractivity contribution in [3.63, 3.8) is 0 Å². The van der Waals surface area contributed by atoms with Crippen molar-refractivity contribution >= 4 is 30.0 Å². The number of hydrogen-bond acceptors (Lipinski definition) is 6. The van der Waals surface area contributed by atoms with Gasteiger partial charge in [-0.3, -0.25) is 24.4 Å². The third kappa shape index (κ3) is 2.82. The first-order chi connectivity index (χ1) is 9.18. The average Bonchev–Trinajstić information content (AvgIpc) is 2.37. The third-order valence-electron chi connectivity index (χ3n) is 2.87. The maximum atomic E-state index is 11.8. The molecule has 0 bridgehead atoms. The number of aliphatic imine (C=N–C) groups is 1. The van der Waals surface area contributed by atoms with E-state index in [0.29, 0.717) is 0 Å². The maximum Gasteiger partial charge on any atom is 0.332 e. The Morgan fingerprint density at radius 1 is 1.25 bits per heavy atom. The number of carbonyl (C=O) groups excluding carboxylic acids is 3. The van der Waals surface area contributed by atoms with E-state index in [1.165, 1.54) is 21.0 Å². The lowest BCUT2D eigenvalue weighted by Crippen LogP contribution is -2.57. The number of aliphatic hydroxyl groups excluding tert-OH is 1. The molecule has 0 aromatic carbocycles. The van der Waals surface area contributed by atoms with Gasteiger partial charge in [0.05, 0.1) is 6.10 Å². The van der Waals surface area contributed by atoms with Crippen molar-refractivity contribution in [1.29, 1.82) is 0 Å². The van der Waals surface area contributed by atoms with Gasteiger partial charge in [-0.1, -0.05) is 0 Å². The molecule has 1 heterocycles. The lowest BCUT2D eigenvalue weighted by atomic mass is 10.1. The van der Waals surface area contributed by atoms with Crippen LogP contribution in [0.25, 0.3) is 0 Å². The van der Waals surface area contributed by atoms with Gasteiger partial charge in [-0.15, -0.1) is 0 Å². The highest BCUT2D eigenvalue weighted by Crippen LogP contribution is 2.14. The van der Waals surface area contributed by atoms with E-state index in [9.17, 15) is 24.3 Å². The maximum absolute atomic E-state index is 11.8. The molecule has 0 aromatic rings. The Kier molecular flexibility index (Phi) is 4.56. The minimum Gasteiger partial charge on any atom is -0.480 e. The first kappa shape index (κ1) is 15.8. The summed E-state index contributed by atoms with van der Waals surface area (Å²) in [7, 11) is 2.41. The van der Waals surface area contributed by atoms with E-state index < -0.39 is 41.9 Å². The van der Waals surface area contributed by atoms with Gasteiger partial charge in [0, 0.05) is 20.3 Å². The number of aliphatic hydroxyl groups is 1. The second kappa shape index (κ2) is 5.78. The lowest BCUT2D eigenvalue weighted by Gasteiger charge is -2.31. The fourth-order valence-corrected chi connectivity index (χ4v) is 1.64. The Bertz CT molecular complexity index is 463. The van der Waals surface area contributed by atoms with Crippen LogP contribution in [0, 0.1) is 5.92 Å². The molecular formula is C11H15N3O6. The normalized spacial score (nSPS) is 20.7. The zero-order valence-electron chi connectivity index (χ0n) is 11.2. The first-order valence-electron chi connectivity index (χ1n) is 5.71. The standard InChI is InChI=1S/C11H15N3O6/c1-5(15)7(10(18)19)12-4-6-8(16)13(2)11(20)14(3)9(6)17/h4-7,15H,1-3H3,(H,18,19)/t5-,7+/m0/s1. The molecule has 20 heavy (non-hydrogen) atoms. The van der Waals surface area contributed by atoms with E-state index in [4.69, 9.17) is 5.11 Å². The Morgan fingerprint density at radius 3 is 2.05 bits per heavy atom. The van der Waals surface area contributed by atoms with Gasteiger partial charge in [-0.2, -0.15) is 0 Å². The van der Waals surface area contributed by atoms with Crippen LogP contribution >= 0.6 is 0 Å². The number of aliphatic carboxylic acids is 1. The Labute approximate surface area is 114 Å². The summed E-state index contributed by atoms with van der Waals surface area (Å²) in [5.74, 6) is -4.35. The average molecular weight is 285 g/mol. The largest absolute Gasteiger partial charge is 0.480 e. The van der Waals surface area contributed by atoms with Crippen LogP contribution in [-0.2, 0) is 14.4 Å². The Morgan fingerprint density at radius 2 is 1.70 bits per heavy atom. The first-order valence-corrected chi connectivity index (χ1v) is 5.71. The summed E-state index contributed by atoms with van der Waals surface area (Å²) in [6.45, 7) is 1.22. The van der Waals surface area contributed by atoms with Gasteiger partial charge < -0.3 is 10.2 Å². The second-order valence-corrected chi connectivity index (χ2v) is 4.38. The summed E-state index contributed by atoms with van der Waals surface area (Å²) in [6, 6.07) is -2.25. The van der Waals surface area contributed by atoms with Gasteiger partial charge in [0.25, 0.3) is 0 Å². The highest BCUT2D eigenvalue weighted by Gasteiger charge is 2.41. The molecule has 1 aliphatic heterocycles. The molecule has 0 aliphatic carbocycles. The number of carboxylic acids is 1. The molecule has 9 nitrogen and oxygen atoms in total. The molecular weight excluding hydrogens is 270 g/mol. The van der Waals surface area contributed by atoms with Crippen LogP contribution in [0.4, 0.5) is 4.79 Å². The van der Waals surface area contributed by atoms with Crippen molar-refractivity contribution in [1.82, 2.24) is 9.80 Å². The van der Waals surface area contributed by atoms with E-state index in [-0.39, 0.29) is 0 Å².